The fourth-order valence-electron chi connectivity index (χ4n) is 3.77. The average molecular weight is 538 g/mol. The largest absolute Gasteiger partial charge is 0.481 e. The molecule has 0 spiro atoms. The molecule has 12 heteroatoms. The Morgan fingerprint density at radius 3 is 2.31 bits per heavy atom. The van der Waals surface area contributed by atoms with Gasteiger partial charge in [0.25, 0.3) is 0 Å². The van der Waals surface area contributed by atoms with Crippen LogP contribution in [-0.4, -0.2) is 57.0 Å². The summed E-state index contributed by atoms with van der Waals surface area (Å²) >= 11 is 12.8. The summed E-state index contributed by atoms with van der Waals surface area (Å²) in [6.45, 7) is 1.68. The standard InChI is InChI=1S/C24H25Cl2N3O7/c1-12-18(22(30)33-3)19(14-7-6-8-15(25)21(14)26)20(23(31)34-4)16(27-12)11-36-10-13-9-17(32-2)29-24(28-13)35-5/h6-9,19,27H,10-11H2,1-5H3. The number of carbonyl (C=O) groups excluding carboxylic acids is 2. The number of hydrogen-bond acceptors (Lipinski definition) is 10. The van der Waals surface area contributed by atoms with Gasteiger partial charge in [-0.3, -0.25) is 0 Å². The summed E-state index contributed by atoms with van der Waals surface area (Å²) in [5.74, 6) is -1.93. The second kappa shape index (κ2) is 12.1. The van der Waals surface area contributed by atoms with Crippen LogP contribution in [0.3, 0.4) is 0 Å². The van der Waals surface area contributed by atoms with E-state index in [1.807, 2.05) is 0 Å². The van der Waals surface area contributed by atoms with Crippen LogP contribution in [0, 0.1) is 0 Å². The predicted molar refractivity (Wildman–Crippen MR) is 131 cm³/mol. The van der Waals surface area contributed by atoms with Crippen LogP contribution in [0.1, 0.15) is 24.1 Å². The number of aromatic nitrogens is 2. The first-order chi connectivity index (χ1) is 17.2. The lowest BCUT2D eigenvalue weighted by Crippen LogP contribution is -2.34. The Labute approximate surface area is 218 Å². The summed E-state index contributed by atoms with van der Waals surface area (Å²) in [6, 6.07) is 6.69. The number of rotatable bonds is 9. The molecule has 1 unspecified atom stereocenters. The van der Waals surface area contributed by atoms with Gasteiger partial charge < -0.3 is 29.0 Å². The lowest BCUT2D eigenvalue weighted by atomic mass is 9.80. The number of allylic oxidation sites excluding steroid dienone is 1. The monoisotopic (exact) mass is 537 g/mol. The van der Waals surface area contributed by atoms with Crippen LogP contribution in [-0.2, 0) is 30.4 Å². The van der Waals surface area contributed by atoms with Crippen molar-refractivity contribution in [2.45, 2.75) is 19.4 Å². The van der Waals surface area contributed by atoms with E-state index in [-0.39, 0.29) is 40.4 Å². The second-order valence-electron chi connectivity index (χ2n) is 7.50. The molecule has 10 nitrogen and oxygen atoms in total. The van der Waals surface area contributed by atoms with Gasteiger partial charge in [0.2, 0.25) is 5.88 Å². The number of carbonyl (C=O) groups is 2. The van der Waals surface area contributed by atoms with Gasteiger partial charge in [0.05, 0.1) is 80.2 Å². The molecular weight excluding hydrogens is 513 g/mol. The van der Waals surface area contributed by atoms with E-state index < -0.39 is 17.9 Å². The molecule has 1 aromatic heterocycles. The molecule has 2 aromatic rings. The summed E-state index contributed by atoms with van der Waals surface area (Å²) in [5, 5.41) is 3.55. The maximum Gasteiger partial charge on any atom is 0.336 e. The highest BCUT2D eigenvalue weighted by atomic mass is 35.5. The third-order valence-electron chi connectivity index (χ3n) is 5.37. The lowest BCUT2D eigenvalue weighted by molar-refractivity contribution is -0.137. The van der Waals surface area contributed by atoms with E-state index in [2.05, 4.69) is 15.3 Å². The van der Waals surface area contributed by atoms with Crippen LogP contribution in [0.15, 0.2) is 46.8 Å². The van der Waals surface area contributed by atoms with E-state index in [4.69, 9.17) is 46.9 Å². The number of hydrogen-bond donors (Lipinski definition) is 1. The van der Waals surface area contributed by atoms with Gasteiger partial charge in [-0.1, -0.05) is 35.3 Å². The smallest absolute Gasteiger partial charge is 0.336 e. The van der Waals surface area contributed by atoms with Gasteiger partial charge in [0.15, 0.2) is 0 Å². The van der Waals surface area contributed by atoms with Crippen molar-refractivity contribution in [1.82, 2.24) is 15.3 Å². The van der Waals surface area contributed by atoms with Crippen molar-refractivity contribution in [2.24, 2.45) is 0 Å². The van der Waals surface area contributed by atoms with Crippen molar-refractivity contribution in [1.29, 1.82) is 0 Å². The van der Waals surface area contributed by atoms with Crippen molar-refractivity contribution in [3.8, 4) is 11.9 Å². The van der Waals surface area contributed by atoms with Crippen LogP contribution in [0.25, 0.3) is 0 Å². The number of dihydropyridines is 1. The highest BCUT2D eigenvalue weighted by Gasteiger charge is 2.39. The van der Waals surface area contributed by atoms with Crippen LogP contribution >= 0.6 is 23.2 Å². The van der Waals surface area contributed by atoms with Gasteiger partial charge in [0, 0.05) is 11.8 Å². The molecule has 1 N–H and O–H groups in total. The Morgan fingerprint density at radius 2 is 1.67 bits per heavy atom. The summed E-state index contributed by atoms with van der Waals surface area (Å²) in [6.07, 6.45) is 0. The van der Waals surface area contributed by atoms with Gasteiger partial charge in [-0.15, -0.1) is 0 Å². The fourth-order valence-corrected chi connectivity index (χ4v) is 4.19. The van der Waals surface area contributed by atoms with E-state index >= 15 is 0 Å². The van der Waals surface area contributed by atoms with E-state index in [0.29, 0.717) is 28.5 Å². The number of nitrogens with one attached hydrogen (secondary N) is 1. The Kier molecular flexibility index (Phi) is 9.14. The van der Waals surface area contributed by atoms with Gasteiger partial charge >= 0.3 is 17.9 Å². The van der Waals surface area contributed by atoms with Crippen molar-refractivity contribution in [3.63, 3.8) is 0 Å². The zero-order valence-electron chi connectivity index (χ0n) is 20.3. The first-order valence-electron chi connectivity index (χ1n) is 10.6. The van der Waals surface area contributed by atoms with Gasteiger partial charge in [-0.05, 0) is 18.6 Å². The van der Waals surface area contributed by atoms with Crippen molar-refractivity contribution < 1.29 is 33.3 Å². The summed E-state index contributed by atoms with van der Waals surface area (Å²) in [4.78, 5) is 34.1. The van der Waals surface area contributed by atoms with E-state index in [0.717, 1.165) is 0 Å². The number of halogens is 2. The average Bonchev–Trinajstić information content (AvgIpc) is 2.88. The number of ether oxygens (including phenoxy) is 5. The van der Waals surface area contributed by atoms with E-state index in [1.54, 1.807) is 31.2 Å². The van der Waals surface area contributed by atoms with Gasteiger partial charge in [0.1, 0.15) is 0 Å². The molecule has 0 bridgehead atoms. The maximum atomic E-state index is 13.0. The van der Waals surface area contributed by atoms with E-state index in [1.165, 1.54) is 28.4 Å². The van der Waals surface area contributed by atoms with Gasteiger partial charge in [-0.25, -0.2) is 9.59 Å². The molecule has 0 fully saturated rings. The first-order valence-corrected chi connectivity index (χ1v) is 11.4. The summed E-state index contributed by atoms with van der Waals surface area (Å²) in [7, 11) is 5.41. The van der Waals surface area contributed by atoms with E-state index in [9.17, 15) is 9.59 Å². The van der Waals surface area contributed by atoms with Crippen LogP contribution in [0.2, 0.25) is 10.0 Å². The highest BCUT2D eigenvalue weighted by Crippen LogP contribution is 2.43. The summed E-state index contributed by atoms with van der Waals surface area (Å²) < 4.78 is 26.2. The Balaban J connectivity index is 2.04. The minimum Gasteiger partial charge on any atom is -0.481 e. The topological polar surface area (TPSA) is 118 Å². The van der Waals surface area contributed by atoms with Crippen molar-refractivity contribution in [2.75, 3.05) is 35.0 Å². The fraction of sp³-hybridized carbons (Fsp3) is 0.333. The molecule has 1 aromatic carbocycles. The number of methoxy groups -OCH3 is 4. The zero-order chi connectivity index (χ0) is 26.4. The first kappa shape index (κ1) is 27.3. The molecule has 0 radical (unpaired) electrons. The number of benzene rings is 1. The number of nitrogens with zero attached hydrogens (tertiary/aromatic N) is 2. The molecule has 1 aliphatic heterocycles. The van der Waals surface area contributed by atoms with Crippen LogP contribution in [0.5, 0.6) is 11.9 Å². The third kappa shape index (κ3) is 5.72. The maximum absolute atomic E-state index is 13.0. The molecule has 192 valence electrons. The van der Waals surface area contributed by atoms with Crippen LogP contribution < -0.4 is 14.8 Å². The highest BCUT2D eigenvalue weighted by molar-refractivity contribution is 6.42. The normalized spacial score (nSPS) is 15.4. The molecule has 1 atom stereocenters. The predicted octanol–water partition coefficient (Wildman–Crippen LogP) is 3.58. The van der Waals surface area contributed by atoms with Crippen molar-refractivity contribution >= 4 is 35.1 Å². The Hall–Kier alpha value is -3.34. The van der Waals surface area contributed by atoms with Crippen molar-refractivity contribution in [3.05, 3.63) is 68.1 Å². The molecule has 1 aliphatic rings. The molecular formula is C24H25Cl2N3O7. The zero-order valence-corrected chi connectivity index (χ0v) is 21.8. The quantitative estimate of drug-likeness (QED) is 0.475. The van der Waals surface area contributed by atoms with Gasteiger partial charge in [-0.2, -0.15) is 9.97 Å². The molecule has 2 heterocycles. The molecule has 0 aliphatic carbocycles. The number of esters is 2. The summed E-state index contributed by atoms with van der Waals surface area (Å²) in [5.41, 5.74) is 2.09. The van der Waals surface area contributed by atoms with Crippen LogP contribution in [0.4, 0.5) is 0 Å². The minimum absolute atomic E-state index is 0.0457. The molecule has 0 saturated carbocycles. The third-order valence-corrected chi connectivity index (χ3v) is 6.20. The molecule has 3 rings (SSSR count). The second-order valence-corrected chi connectivity index (χ2v) is 8.28. The molecule has 0 amide bonds. The Bertz CT molecular complexity index is 1210. The molecule has 0 saturated heterocycles. The lowest BCUT2D eigenvalue weighted by Gasteiger charge is -2.31. The molecule has 36 heavy (non-hydrogen) atoms. The Morgan fingerprint density at radius 1 is 0.972 bits per heavy atom. The minimum atomic E-state index is -0.921. The SMILES string of the molecule is COC(=O)C1=C(C)NC(COCc2cc(OC)nc(OC)n2)=C(C(=O)OC)C1c1cccc(Cl)c1Cl.